The monoisotopic (exact) mass is 445 g/mol. The van der Waals surface area contributed by atoms with Gasteiger partial charge in [0, 0.05) is 18.5 Å². The summed E-state index contributed by atoms with van der Waals surface area (Å²) in [4.78, 5) is 15.2. The van der Waals surface area contributed by atoms with Gasteiger partial charge in [-0.2, -0.15) is 0 Å². The number of aromatic hydroxyl groups is 1. The third-order valence-electron chi connectivity index (χ3n) is 5.81. The van der Waals surface area contributed by atoms with Gasteiger partial charge in [-0.05, 0) is 54.9 Å². The number of ether oxygens (including phenoxy) is 2. The second-order valence-electron chi connectivity index (χ2n) is 8.06. The van der Waals surface area contributed by atoms with Crippen molar-refractivity contribution in [3.8, 4) is 28.4 Å². The van der Waals surface area contributed by atoms with E-state index in [2.05, 4.69) is 17.0 Å². The van der Waals surface area contributed by atoms with Crippen molar-refractivity contribution in [2.24, 2.45) is 0 Å². The van der Waals surface area contributed by atoms with Gasteiger partial charge in [-0.3, -0.25) is 4.90 Å². The van der Waals surface area contributed by atoms with E-state index in [-0.39, 0.29) is 5.75 Å². The third kappa shape index (κ3) is 4.43. The van der Waals surface area contributed by atoms with Gasteiger partial charge in [-0.25, -0.2) is 4.79 Å². The molecule has 3 aromatic carbocycles. The number of rotatable bonds is 7. The van der Waals surface area contributed by atoms with E-state index < -0.39 is 5.63 Å². The minimum Gasteiger partial charge on any atom is -0.507 e. The van der Waals surface area contributed by atoms with E-state index in [1.54, 1.807) is 44.6 Å². The maximum atomic E-state index is 13.1. The molecule has 4 rings (SSSR count). The summed E-state index contributed by atoms with van der Waals surface area (Å²) in [5.74, 6) is 1.21. The number of phenols is 1. The van der Waals surface area contributed by atoms with E-state index in [1.807, 2.05) is 32.2 Å². The lowest BCUT2D eigenvalue weighted by atomic mass is 9.97. The first kappa shape index (κ1) is 22.4. The number of hydrogen-bond donors (Lipinski definition) is 1. The minimum atomic E-state index is -0.468. The topological polar surface area (TPSA) is 72.1 Å². The number of nitrogens with zero attached hydrogens (tertiary/aromatic N) is 1. The average molecular weight is 446 g/mol. The highest BCUT2D eigenvalue weighted by Crippen LogP contribution is 2.36. The number of fused-ring (bicyclic) bond motifs is 1. The predicted molar refractivity (Wildman–Crippen MR) is 129 cm³/mol. The highest BCUT2D eigenvalue weighted by molar-refractivity contribution is 5.90. The highest BCUT2D eigenvalue weighted by atomic mass is 16.5. The van der Waals surface area contributed by atoms with Crippen molar-refractivity contribution in [1.29, 1.82) is 0 Å². The molecule has 0 fully saturated rings. The van der Waals surface area contributed by atoms with Gasteiger partial charge in [-0.1, -0.05) is 36.4 Å². The van der Waals surface area contributed by atoms with E-state index in [0.717, 1.165) is 16.5 Å². The molecule has 6 heteroatoms. The first-order valence-corrected chi connectivity index (χ1v) is 10.7. The highest BCUT2D eigenvalue weighted by Gasteiger charge is 2.20. The van der Waals surface area contributed by atoms with Crippen LogP contribution in [0.5, 0.6) is 17.2 Å². The summed E-state index contributed by atoms with van der Waals surface area (Å²) >= 11 is 0. The minimum absolute atomic E-state index is 0.101. The number of methoxy groups -OCH3 is 2. The molecule has 0 unspecified atom stereocenters. The van der Waals surface area contributed by atoms with Gasteiger partial charge < -0.3 is 19.0 Å². The largest absolute Gasteiger partial charge is 0.507 e. The second kappa shape index (κ2) is 9.38. The Bertz CT molecular complexity index is 1340. The Morgan fingerprint density at radius 3 is 2.36 bits per heavy atom. The van der Waals surface area contributed by atoms with Crippen molar-refractivity contribution in [3.63, 3.8) is 0 Å². The van der Waals surface area contributed by atoms with Crippen LogP contribution in [0.3, 0.4) is 0 Å². The smallest absolute Gasteiger partial charge is 0.344 e. The molecule has 6 nitrogen and oxygen atoms in total. The van der Waals surface area contributed by atoms with E-state index in [1.165, 1.54) is 0 Å². The fourth-order valence-electron chi connectivity index (χ4n) is 4.16. The van der Waals surface area contributed by atoms with Gasteiger partial charge in [0.25, 0.3) is 0 Å². The summed E-state index contributed by atoms with van der Waals surface area (Å²) in [6, 6.07) is 18.9. The normalized spacial score (nSPS) is 11.2. The number of hydrogen-bond acceptors (Lipinski definition) is 6. The Morgan fingerprint density at radius 1 is 0.939 bits per heavy atom. The number of benzene rings is 3. The number of phenolic OH excluding ortho intramolecular Hbond substituents is 1. The van der Waals surface area contributed by atoms with Crippen molar-refractivity contribution >= 4 is 11.0 Å². The molecule has 33 heavy (non-hydrogen) atoms. The Balaban J connectivity index is 1.78. The third-order valence-corrected chi connectivity index (χ3v) is 5.81. The van der Waals surface area contributed by atoms with Crippen LogP contribution in [0.25, 0.3) is 22.1 Å². The van der Waals surface area contributed by atoms with E-state index in [4.69, 9.17) is 13.9 Å². The first-order valence-electron chi connectivity index (χ1n) is 10.7. The van der Waals surface area contributed by atoms with Crippen molar-refractivity contribution in [3.05, 3.63) is 87.8 Å². The van der Waals surface area contributed by atoms with Crippen LogP contribution in [0.15, 0.2) is 69.9 Å². The molecule has 0 spiro atoms. The van der Waals surface area contributed by atoms with Gasteiger partial charge in [-0.15, -0.1) is 0 Å². The molecule has 0 aliphatic rings. The molecule has 1 heterocycles. The van der Waals surface area contributed by atoms with Crippen LogP contribution >= 0.6 is 0 Å². The molecule has 1 N–H and O–H groups in total. The van der Waals surface area contributed by atoms with Crippen LogP contribution in [0.4, 0.5) is 0 Å². The summed E-state index contributed by atoms with van der Waals surface area (Å²) < 4.78 is 16.5. The van der Waals surface area contributed by atoms with Crippen molar-refractivity contribution in [2.75, 3.05) is 21.3 Å². The molecule has 0 aliphatic carbocycles. The summed E-state index contributed by atoms with van der Waals surface area (Å²) in [6.07, 6.45) is 0. The molecule has 4 aromatic rings. The molecular weight excluding hydrogens is 418 g/mol. The second-order valence-corrected chi connectivity index (χ2v) is 8.06. The molecule has 0 aliphatic heterocycles. The lowest BCUT2D eigenvalue weighted by Gasteiger charge is -2.19. The zero-order valence-corrected chi connectivity index (χ0v) is 19.2. The van der Waals surface area contributed by atoms with Gasteiger partial charge in [0.05, 0.1) is 25.3 Å². The first-order chi connectivity index (χ1) is 15.9. The Morgan fingerprint density at radius 2 is 1.67 bits per heavy atom. The fraction of sp³-hybridized carbons (Fsp3) is 0.222. The number of aryl methyl sites for hydroxylation is 1. The molecule has 0 saturated heterocycles. The van der Waals surface area contributed by atoms with Gasteiger partial charge >= 0.3 is 5.63 Å². The Kier molecular flexibility index (Phi) is 6.38. The average Bonchev–Trinajstić information content (AvgIpc) is 2.81. The summed E-state index contributed by atoms with van der Waals surface area (Å²) in [6.45, 7) is 3.01. The zero-order chi connectivity index (χ0) is 23.5. The van der Waals surface area contributed by atoms with Gasteiger partial charge in [0.1, 0.15) is 11.3 Å². The van der Waals surface area contributed by atoms with Crippen LogP contribution in [-0.4, -0.2) is 31.3 Å². The van der Waals surface area contributed by atoms with Crippen LogP contribution < -0.4 is 15.1 Å². The predicted octanol–water partition coefficient (Wildman–Crippen LogP) is 5.12. The maximum Gasteiger partial charge on any atom is 0.344 e. The SMILES string of the molecule is COc1ccc(-c2c(C)c3ccc(O)c(CN(C)Cc4ccccc4)c3oc2=O)cc1OC. The summed E-state index contributed by atoms with van der Waals surface area (Å²) in [5.41, 5.74) is 3.60. The van der Waals surface area contributed by atoms with Crippen molar-refractivity contribution in [2.45, 2.75) is 20.0 Å². The molecule has 0 radical (unpaired) electrons. The maximum absolute atomic E-state index is 13.1. The zero-order valence-electron chi connectivity index (χ0n) is 19.2. The lowest BCUT2D eigenvalue weighted by molar-refractivity contribution is 0.312. The molecule has 1 aromatic heterocycles. The van der Waals surface area contributed by atoms with E-state index in [0.29, 0.717) is 46.9 Å². The molecular formula is C27H27NO5. The van der Waals surface area contributed by atoms with Crippen molar-refractivity contribution < 1.29 is 19.0 Å². The van der Waals surface area contributed by atoms with Gasteiger partial charge in [0.2, 0.25) is 0 Å². The quantitative estimate of drug-likeness (QED) is 0.398. The summed E-state index contributed by atoms with van der Waals surface area (Å²) in [7, 11) is 5.09. The van der Waals surface area contributed by atoms with E-state index in [9.17, 15) is 9.90 Å². The Hall–Kier alpha value is -3.77. The summed E-state index contributed by atoms with van der Waals surface area (Å²) in [5, 5.41) is 11.4. The van der Waals surface area contributed by atoms with E-state index >= 15 is 0 Å². The Labute approximate surface area is 192 Å². The molecule has 0 atom stereocenters. The standard InChI is InChI=1S/C27H27NO5/c1-17-20-11-12-22(29)21(16-28(2)15-18-8-6-5-7-9-18)26(20)33-27(30)25(17)19-10-13-23(31-3)24(14-19)32-4/h5-14,29H,15-16H2,1-4H3. The van der Waals surface area contributed by atoms with Crippen LogP contribution in [0.2, 0.25) is 0 Å². The van der Waals surface area contributed by atoms with Crippen LogP contribution in [0, 0.1) is 6.92 Å². The molecule has 0 bridgehead atoms. The fourth-order valence-corrected chi connectivity index (χ4v) is 4.16. The van der Waals surface area contributed by atoms with Gasteiger partial charge in [0.15, 0.2) is 11.5 Å². The molecule has 0 amide bonds. The lowest BCUT2D eigenvalue weighted by Crippen LogP contribution is -2.18. The van der Waals surface area contributed by atoms with Crippen LogP contribution in [-0.2, 0) is 13.1 Å². The molecule has 170 valence electrons. The van der Waals surface area contributed by atoms with Crippen molar-refractivity contribution in [1.82, 2.24) is 4.90 Å². The van der Waals surface area contributed by atoms with Crippen LogP contribution in [0.1, 0.15) is 16.7 Å². The molecule has 0 saturated carbocycles.